The molecule has 2 aromatic rings. The zero-order chi connectivity index (χ0) is 18.9. The Labute approximate surface area is 152 Å². The number of ether oxygens (including phenoxy) is 1. The molecular weight excluding hydrogens is 332 g/mol. The second-order valence-electron chi connectivity index (χ2n) is 5.58. The summed E-state index contributed by atoms with van der Waals surface area (Å²) in [4.78, 5) is 24.4. The van der Waals surface area contributed by atoms with Crippen molar-refractivity contribution in [2.45, 2.75) is 19.4 Å². The predicted octanol–water partition coefficient (Wildman–Crippen LogP) is 2.27. The summed E-state index contributed by atoms with van der Waals surface area (Å²) in [5.41, 5.74) is 7.39. The number of nitrogen functional groups attached to an aromatic ring is 1. The lowest BCUT2D eigenvalue weighted by Gasteiger charge is -2.18. The Hall–Kier alpha value is -3.35. The highest BCUT2D eigenvalue weighted by atomic mass is 16.5. The molecule has 0 radical (unpaired) electrons. The van der Waals surface area contributed by atoms with Crippen LogP contribution in [0.2, 0.25) is 0 Å². The molecule has 0 aromatic heterocycles. The summed E-state index contributed by atoms with van der Waals surface area (Å²) < 4.78 is 5.05. The van der Waals surface area contributed by atoms with Crippen molar-refractivity contribution >= 4 is 23.5 Å². The standard InChI is InChI=1S/C19H22N4O3/c1-2-26-18(24)16(12-13-6-4-3-5-7-13)23-19(25)22-15-10-8-14(9-11-15)17(20)21/h3-11,16H,2,12H2,1H3,(H3,20,21)(H2,22,23,25). The topological polar surface area (TPSA) is 117 Å². The van der Waals surface area contributed by atoms with Gasteiger partial charge in [0.1, 0.15) is 11.9 Å². The van der Waals surface area contributed by atoms with Crippen LogP contribution in [0.15, 0.2) is 54.6 Å². The number of urea groups is 1. The van der Waals surface area contributed by atoms with E-state index < -0.39 is 18.0 Å². The van der Waals surface area contributed by atoms with Gasteiger partial charge < -0.3 is 21.1 Å². The molecule has 0 saturated carbocycles. The molecule has 1 atom stereocenters. The third kappa shape index (κ3) is 5.62. The Bertz CT molecular complexity index is 760. The summed E-state index contributed by atoms with van der Waals surface area (Å²) in [6, 6.07) is 14.6. The minimum Gasteiger partial charge on any atom is -0.464 e. The Morgan fingerprint density at radius 3 is 2.35 bits per heavy atom. The van der Waals surface area contributed by atoms with Gasteiger partial charge in [0, 0.05) is 17.7 Å². The van der Waals surface area contributed by atoms with E-state index in [1.54, 1.807) is 31.2 Å². The molecule has 0 bridgehead atoms. The van der Waals surface area contributed by atoms with E-state index in [9.17, 15) is 9.59 Å². The number of hydrogen-bond donors (Lipinski definition) is 4. The number of benzene rings is 2. The van der Waals surface area contributed by atoms with E-state index >= 15 is 0 Å². The summed E-state index contributed by atoms with van der Waals surface area (Å²) >= 11 is 0. The molecule has 0 aliphatic heterocycles. The van der Waals surface area contributed by atoms with Crippen LogP contribution in [-0.2, 0) is 16.0 Å². The molecule has 0 fully saturated rings. The molecule has 0 spiro atoms. The number of amides is 2. The molecule has 2 aromatic carbocycles. The molecule has 0 saturated heterocycles. The maximum absolute atomic E-state index is 12.2. The minimum absolute atomic E-state index is 0.0498. The van der Waals surface area contributed by atoms with Crippen LogP contribution in [-0.4, -0.2) is 30.5 Å². The average molecular weight is 354 g/mol. The van der Waals surface area contributed by atoms with Crippen LogP contribution in [0, 0.1) is 5.41 Å². The SMILES string of the molecule is CCOC(=O)C(Cc1ccccc1)NC(=O)Nc1ccc(C(=N)N)cc1. The summed E-state index contributed by atoms with van der Waals surface area (Å²) in [6.07, 6.45) is 0.330. The first kappa shape index (κ1) is 19.0. The van der Waals surface area contributed by atoms with Crippen LogP contribution in [0.4, 0.5) is 10.5 Å². The average Bonchev–Trinajstić information content (AvgIpc) is 2.62. The normalized spacial score (nSPS) is 11.3. The first-order valence-electron chi connectivity index (χ1n) is 8.22. The number of nitrogens with two attached hydrogens (primary N) is 1. The van der Waals surface area contributed by atoms with Crippen LogP contribution in [0.1, 0.15) is 18.1 Å². The van der Waals surface area contributed by atoms with Crippen molar-refractivity contribution in [2.75, 3.05) is 11.9 Å². The largest absolute Gasteiger partial charge is 0.464 e. The van der Waals surface area contributed by atoms with Gasteiger partial charge in [0.25, 0.3) is 0 Å². The van der Waals surface area contributed by atoms with Gasteiger partial charge in [-0.2, -0.15) is 0 Å². The van der Waals surface area contributed by atoms with E-state index in [-0.39, 0.29) is 12.4 Å². The molecule has 7 nitrogen and oxygen atoms in total. The summed E-state index contributed by atoms with van der Waals surface area (Å²) in [6.45, 7) is 1.95. The van der Waals surface area contributed by atoms with Gasteiger partial charge in [-0.1, -0.05) is 30.3 Å². The second kappa shape index (κ2) is 9.22. The Morgan fingerprint density at radius 1 is 1.12 bits per heavy atom. The van der Waals surface area contributed by atoms with Gasteiger partial charge in [-0.25, -0.2) is 9.59 Å². The molecule has 2 amide bonds. The molecule has 0 aliphatic carbocycles. The van der Waals surface area contributed by atoms with E-state index in [1.165, 1.54) is 0 Å². The summed E-state index contributed by atoms with van der Waals surface area (Å²) in [5, 5.41) is 12.7. The predicted molar refractivity (Wildman–Crippen MR) is 100 cm³/mol. The quantitative estimate of drug-likeness (QED) is 0.346. The lowest BCUT2D eigenvalue weighted by Crippen LogP contribution is -2.45. The third-order valence-corrected chi connectivity index (χ3v) is 3.61. The van der Waals surface area contributed by atoms with Crippen molar-refractivity contribution in [2.24, 2.45) is 5.73 Å². The highest BCUT2D eigenvalue weighted by molar-refractivity contribution is 5.96. The molecule has 26 heavy (non-hydrogen) atoms. The van der Waals surface area contributed by atoms with Crippen LogP contribution < -0.4 is 16.4 Å². The number of amidine groups is 1. The van der Waals surface area contributed by atoms with Gasteiger partial charge in [-0.15, -0.1) is 0 Å². The molecule has 0 heterocycles. The molecular formula is C19H22N4O3. The fourth-order valence-electron chi connectivity index (χ4n) is 2.34. The summed E-state index contributed by atoms with van der Waals surface area (Å²) in [7, 11) is 0. The van der Waals surface area contributed by atoms with Crippen molar-refractivity contribution < 1.29 is 14.3 Å². The molecule has 1 unspecified atom stereocenters. The van der Waals surface area contributed by atoms with E-state index in [4.69, 9.17) is 15.9 Å². The van der Waals surface area contributed by atoms with Crippen molar-refractivity contribution in [1.82, 2.24) is 5.32 Å². The first-order valence-corrected chi connectivity index (χ1v) is 8.22. The number of nitrogens with one attached hydrogen (secondary N) is 3. The molecule has 7 heteroatoms. The van der Waals surface area contributed by atoms with Gasteiger partial charge >= 0.3 is 12.0 Å². The molecule has 136 valence electrons. The molecule has 2 rings (SSSR count). The lowest BCUT2D eigenvalue weighted by molar-refractivity contribution is -0.145. The molecule has 0 aliphatic rings. The van der Waals surface area contributed by atoms with E-state index in [2.05, 4.69) is 10.6 Å². The van der Waals surface area contributed by atoms with Crippen molar-refractivity contribution in [3.63, 3.8) is 0 Å². The first-order chi connectivity index (χ1) is 12.5. The van der Waals surface area contributed by atoms with Crippen molar-refractivity contribution in [3.05, 3.63) is 65.7 Å². The highest BCUT2D eigenvalue weighted by Crippen LogP contribution is 2.10. The van der Waals surface area contributed by atoms with Crippen molar-refractivity contribution in [1.29, 1.82) is 5.41 Å². The van der Waals surface area contributed by atoms with Crippen LogP contribution in [0.5, 0.6) is 0 Å². The van der Waals surface area contributed by atoms with E-state index in [0.717, 1.165) is 5.56 Å². The maximum Gasteiger partial charge on any atom is 0.329 e. The van der Waals surface area contributed by atoms with Crippen LogP contribution in [0.3, 0.4) is 0 Å². The van der Waals surface area contributed by atoms with Gasteiger partial charge in [0.15, 0.2) is 0 Å². The van der Waals surface area contributed by atoms with E-state index in [0.29, 0.717) is 17.7 Å². The Balaban J connectivity index is 2.02. The van der Waals surface area contributed by atoms with Crippen LogP contribution >= 0.6 is 0 Å². The monoisotopic (exact) mass is 354 g/mol. The van der Waals surface area contributed by atoms with E-state index in [1.807, 2.05) is 30.3 Å². The summed E-state index contributed by atoms with van der Waals surface area (Å²) in [5.74, 6) is -0.537. The second-order valence-corrected chi connectivity index (χ2v) is 5.58. The fourth-order valence-corrected chi connectivity index (χ4v) is 2.34. The maximum atomic E-state index is 12.2. The molecule has 5 N–H and O–H groups in total. The van der Waals surface area contributed by atoms with Gasteiger partial charge in [0.05, 0.1) is 6.61 Å². The number of anilines is 1. The van der Waals surface area contributed by atoms with Gasteiger partial charge in [0.2, 0.25) is 0 Å². The Kier molecular flexibility index (Phi) is 6.73. The lowest BCUT2D eigenvalue weighted by atomic mass is 10.1. The fraction of sp³-hybridized carbons (Fsp3) is 0.211. The number of carbonyl (C=O) groups is 2. The van der Waals surface area contributed by atoms with Gasteiger partial charge in [-0.05, 0) is 36.8 Å². The number of hydrogen-bond acceptors (Lipinski definition) is 4. The zero-order valence-electron chi connectivity index (χ0n) is 14.5. The van der Waals surface area contributed by atoms with Crippen LogP contribution in [0.25, 0.3) is 0 Å². The number of carbonyl (C=O) groups excluding carboxylic acids is 2. The highest BCUT2D eigenvalue weighted by Gasteiger charge is 2.22. The Morgan fingerprint density at radius 2 is 1.77 bits per heavy atom. The number of esters is 1. The minimum atomic E-state index is -0.797. The third-order valence-electron chi connectivity index (χ3n) is 3.61. The smallest absolute Gasteiger partial charge is 0.329 e. The van der Waals surface area contributed by atoms with Gasteiger partial charge in [-0.3, -0.25) is 5.41 Å². The zero-order valence-corrected chi connectivity index (χ0v) is 14.5. The number of rotatable bonds is 7. The van der Waals surface area contributed by atoms with Crippen molar-refractivity contribution in [3.8, 4) is 0 Å².